The fourth-order valence-electron chi connectivity index (χ4n) is 1.49. The van der Waals surface area contributed by atoms with Crippen molar-refractivity contribution >= 4 is 5.71 Å². The highest BCUT2D eigenvalue weighted by Crippen LogP contribution is 2.15. The molecule has 2 heteroatoms. The van der Waals surface area contributed by atoms with Crippen molar-refractivity contribution in [3.63, 3.8) is 0 Å². The number of aliphatic imine (C=N–C) groups is 1. The van der Waals surface area contributed by atoms with Crippen LogP contribution in [0.2, 0.25) is 0 Å². The van der Waals surface area contributed by atoms with E-state index in [1.807, 2.05) is 0 Å². The normalized spacial score (nSPS) is 24.2. The van der Waals surface area contributed by atoms with E-state index in [-0.39, 0.29) is 6.10 Å². The number of hydrogen-bond acceptors (Lipinski definition) is 2. The predicted molar refractivity (Wildman–Crippen MR) is 51.7 cm³/mol. The van der Waals surface area contributed by atoms with Crippen LogP contribution in [-0.2, 0) is 0 Å². The van der Waals surface area contributed by atoms with Crippen molar-refractivity contribution in [3.05, 3.63) is 0 Å². The van der Waals surface area contributed by atoms with Crippen LogP contribution in [0.1, 0.15) is 45.4 Å². The molecule has 0 aromatic carbocycles. The highest BCUT2D eigenvalue weighted by molar-refractivity contribution is 5.85. The second-order valence-corrected chi connectivity index (χ2v) is 3.53. The van der Waals surface area contributed by atoms with Crippen molar-refractivity contribution in [2.45, 2.75) is 51.6 Å². The summed E-state index contributed by atoms with van der Waals surface area (Å²) in [4.78, 5) is 4.51. The summed E-state index contributed by atoms with van der Waals surface area (Å²) in [6.07, 6.45) is 6.24. The molecule has 1 N–H and O–H groups in total. The highest BCUT2D eigenvalue weighted by atomic mass is 16.3. The van der Waals surface area contributed by atoms with Crippen LogP contribution in [0.4, 0.5) is 0 Å². The molecule has 0 heterocycles. The van der Waals surface area contributed by atoms with E-state index in [2.05, 4.69) is 11.9 Å². The molecule has 1 aliphatic carbocycles. The number of aliphatic hydroxyl groups is 1. The summed E-state index contributed by atoms with van der Waals surface area (Å²) in [5.74, 6) is 0. The van der Waals surface area contributed by atoms with E-state index in [0.29, 0.717) is 0 Å². The molecule has 0 atom stereocenters. The van der Waals surface area contributed by atoms with Gasteiger partial charge in [0.05, 0.1) is 6.10 Å². The molecule has 0 aromatic heterocycles. The average molecular weight is 169 g/mol. The first-order valence-electron chi connectivity index (χ1n) is 5.03. The maximum absolute atomic E-state index is 9.24. The highest BCUT2D eigenvalue weighted by Gasteiger charge is 2.13. The second-order valence-electron chi connectivity index (χ2n) is 3.53. The van der Waals surface area contributed by atoms with Crippen molar-refractivity contribution < 1.29 is 5.11 Å². The molecular formula is C10H19NO. The zero-order valence-corrected chi connectivity index (χ0v) is 7.92. The smallest absolute Gasteiger partial charge is 0.0547 e. The van der Waals surface area contributed by atoms with Crippen LogP contribution in [0.3, 0.4) is 0 Å². The summed E-state index contributed by atoms with van der Waals surface area (Å²) < 4.78 is 0. The summed E-state index contributed by atoms with van der Waals surface area (Å²) in [5.41, 5.74) is 1.33. The molecular weight excluding hydrogens is 150 g/mol. The van der Waals surface area contributed by atoms with Gasteiger partial charge in [-0.25, -0.2) is 0 Å². The van der Waals surface area contributed by atoms with E-state index in [1.54, 1.807) is 0 Å². The van der Waals surface area contributed by atoms with E-state index in [0.717, 1.165) is 32.2 Å². The molecule has 0 aliphatic heterocycles. The minimum atomic E-state index is -0.0601. The van der Waals surface area contributed by atoms with Crippen LogP contribution in [0.25, 0.3) is 0 Å². The Labute approximate surface area is 74.7 Å². The Hall–Kier alpha value is -0.370. The lowest BCUT2D eigenvalue weighted by Gasteiger charge is -2.18. The molecule has 2 nitrogen and oxygen atoms in total. The molecule has 70 valence electrons. The van der Waals surface area contributed by atoms with Gasteiger partial charge in [0, 0.05) is 12.3 Å². The first-order valence-corrected chi connectivity index (χ1v) is 5.03. The molecule has 0 aromatic rings. The van der Waals surface area contributed by atoms with Crippen molar-refractivity contribution in [3.8, 4) is 0 Å². The summed E-state index contributed by atoms with van der Waals surface area (Å²) in [6, 6.07) is 0. The average Bonchev–Trinajstić information content (AvgIpc) is 2.09. The Kier molecular flexibility index (Phi) is 4.30. The van der Waals surface area contributed by atoms with Gasteiger partial charge in [0.2, 0.25) is 0 Å². The topological polar surface area (TPSA) is 32.6 Å². The zero-order chi connectivity index (χ0) is 8.81. The number of hydrogen-bond donors (Lipinski definition) is 1. The molecule has 1 fully saturated rings. The fraction of sp³-hybridized carbons (Fsp3) is 0.900. The first kappa shape index (κ1) is 9.72. The summed E-state index contributed by atoms with van der Waals surface area (Å²) in [7, 11) is 0. The van der Waals surface area contributed by atoms with E-state index < -0.39 is 0 Å². The van der Waals surface area contributed by atoms with Gasteiger partial charge in [-0.3, -0.25) is 4.99 Å². The molecule has 0 amide bonds. The van der Waals surface area contributed by atoms with Gasteiger partial charge in [0.15, 0.2) is 0 Å². The minimum Gasteiger partial charge on any atom is -0.393 e. The summed E-state index contributed by atoms with van der Waals surface area (Å²) >= 11 is 0. The number of nitrogens with zero attached hydrogens (tertiary/aromatic N) is 1. The van der Waals surface area contributed by atoms with Gasteiger partial charge in [0.1, 0.15) is 0 Å². The van der Waals surface area contributed by atoms with Gasteiger partial charge >= 0.3 is 0 Å². The monoisotopic (exact) mass is 169 g/mol. The van der Waals surface area contributed by atoms with Gasteiger partial charge in [0.25, 0.3) is 0 Å². The van der Waals surface area contributed by atoms with E-state index >= 15 is 0 Å². The molecule has 0 unspecified atom stereocenters. The molecule has 0 radical (unpaired) electrons. The van der Waals surface area contributed by atoms with Crippen LogP contribution in [0.5, 0.6) is 0 Å². The van der Waals surface area contributed by atoms with Crippen LogP contribution in [0, 0.1) is 0 Å². The maximum Gasteiger partial charge on any atom is 0.0547 e. The number of unbranched alkanes of at least 4 members (excludes halogenated alkanes) is 1. The third-order valence-electron chi connectivity index (χ3n) is 2.38. The summed E-state index contributed by atoms with van der Waals surface area (Å²) in [5, 5.41) is 9.24. The van der Waals surface area contributed by atoms with Crippen molar-refractivity contribution in [2.75, 3.05) is 6.54 Å². The van der Waals surface area contributed by atoms with Crippen LogP contribution in [0.15, 0.2) is 4.99 Å². The standard InChI is InChI=1S/C10H19NO/c1-2-3-8-11-9-4-6-10(12)7-5-9/h10,12H,2-8H2,1H3. The lowest BCUT2D eigenvalue weighted by molar-refractivity contribution is 0.152. The Morgan fingerprint density at radius 2 is 2.08 bits per heavy atom. The third-order valence-corrected chi connectivity index (χ3v) is 2.38. The molecule has 1 rings (SSSR count). The van der Waals surface area contributed by atoms with Crippen LogP contribution < -0.4 is 0 Å². The van der Waals surface area contributed by atoms with Crippen molar-refractivity contribution in [1.29, 1.82) is 0 Å². The van der Waals surface area contributed by atoms with Gasteiger partial charge < -0.3 is 5.11 Å². The second kappa shape index (κ2) is 5.31. The van der Waals surface area contributed by atoms with E-state index in [4.69, 9.17) is 0 Å². The van der Waals surface area contributed by atoms with Gasteiger partial charge in [-0.15, -0.1) is 0 Å². The molecule has 0 saturated heterocycles. The van der Waals surface area contributed by atoms with Crippen molar-refractivity contribution in [2.24, 2.45) is 4.99 Å². The Bertz CT molecular complexity index is 144. The third kappa shape index (κ3) is 3.35. The molecule has 0 spiro atoms. The van der Waals surface area contributed by atoms with Gasteiger partial charge in [-0.2, -0.15) is 0 Å². The Morgan fingerprint density at radius 3 is 2.67 bits per heavy atom. The lowest BCUT2D eigenvalue weighted by Crippen LogP contribution is -2.18. The summed E-state index contributed by atoms with van der Waals surface area (Å²) in [6.45, 7) is 3.17. The molecule has 1 aliphatic rings. The van der Waals surface area contributed by atoms with E-state index in [9.17, 15) is 5.11 Å². The first-order chi connectivity index (χ1) is 5.83. The molecule has 1 saturated carbocycles. The quantitative estimate of drug-likeness (QED) is 0.645. The zero-order valence-electron chi connectivity index (χ0n) is 7.92. The SMILES string of the molecule is CCCCN=C1CCC(O)CC1. The predicted octanol–water partition coefficient (Wildman–Crippen LogP) is 2.16. The fourth-order valence-corrected chi connectivity index (χ4v) is 1.49. The Balaban J connectivity index is 2.19. The largest absolute Gasteiger partial charge is 0.393 e. The van der Waals surface area contributed by atoms with Gasteiger partial charge in [-0.05, 0) is 32.1 Å². The number of aliphatic hydroxyl groups excluding tert-OH is 1. The maximum atomic E-state index is 9.24. The Morgan fingerprint density at radius 1 is 1.42 bits per heavy atom. The number of rotatable bonds is 3. The van der Waals surface area contributed by atoms with Crippen LogP contribution in [-0.4, -0.2) is 23.5 Å². The van der Waals surface area contributed by atoms with Crippen molar-refractivity contribution in [1.82, 2.24) is 0 Å². The minimum absolute atomic E-state index is 0.0601. The molecule has 0 bridgehead atoms. The van der Waals surface area contributed by atoms with Gasteiger partial charge in [-0.1, -0.05) is 13.3 Å². The van der Waals surface area contributed by atoms with E-state index in [1.165, 1.54) is 18.6 Å². The molecule has 12 heavy (non-hydrogen) atoms. The lowest BCUT2D eigenvalue weighted by atomic mass is 9.96. The van der Waals surface area contributed by atoms with Crippen LogP contribution >= 0.6 is 0 Å².